The van der Waals surface area contributed by atoms with Crippen molar-refractivity contribution in [3.63, 3.8) is 0 Å². The van der Waals surface area contributed by atoms with Gasteiger partial charge in [-0.05, 0) is 54.9 Å². The number of nitrogens with one attached hydrogen (secondary N) is 1. The predicted octanol–water partition coefficient (Wildman–Crippen LogP) is 5.78. The van der Waals surface area contributed by atoms with Crippen LogP contribution in [-0.4, -0.2) is 46.7 Å². The highest BCUT2D eigenvalue weighted by Gasteiger charge is 2.21. The molecule has 0 amide bonds. The van der Waals surface area contributed by atoms with E-state index in [0.29, 0.717) is 11.7 Å². The van der Waals surface area contributed by atoms with E-state index >= 15 is 0 Å². The summed E-state index contributed by atoms with van der Waals surface area (Å²) in [7, 11) is 3.99. The molecular weight excluding hydrogens is 408 g/mol. The number of hydrogen-bond acceptors (Lipinski definition) is 5. The van der Waals surface area contributed by atoms with Gasteiger partial charge in [0, 0.05) is 44.2 Å². The Balaban J connectivity index is 1.93. The zero-order chi connectivity index (χ0) is 23.8. The molecule has 2 atom stereocenters. The molecule has 5 nitrogen and oxygen atoms in total. The van der Waals surface area contributed by atoms with Crippen LogP contribution < -0.4 is 5.32 Å². The van der Waals surface area contributed by atoms with E-state index in [9.17, 15) is 5.11 Å². The van der Waals surface area contributed by atoms with Crippen LogP contribution in [0.5, 0.6) is 0 Å². The molecule has 0 bridgehead atoms. The third kappa shape index (κ3) is 6.65. The van der Waals surface area contributed by atoms with Gasteiger partial charge in [0.05, 0.1) is 6.10 Å². The average Bonchev–Trinajstić information content (AvgIpc) is 2.81. The number of benzene rings is 1. The quantitative estimate of drug-likeness (QED) is 0.480. The van der Waals surface area contributed by atoms with Crippen LogP contribution >= 0.6 is 0 Å². The normalized spacial score (nSPS) is 18.8. The van der Waals surface area contributed by atoms with Crippen LogP contribution in [0.25, 0.3) is 22.5 Å². The number of aromatic nitrogens is 2. The first-order valence-corrected chi connectivity index (χ1v) is 11.6. The lowest BCUT2D eigenvalue weighted by molar-refractivity contribution is 0.104. The zero-order valence-corrected chi connectivity index (χ0v) is 20.1. The molecule has 0 spiro atoms. The van der Waals surface area contributed by atoms with Crippen molar-refractivity contribution in [2.75, 3.05) is 26.0 Å². The lowest BCUT2D eigenvalue weighted by atomic mass is 9.87. The van der Waals surface area contributed by atoms with Crippen molar-refractivity contribution >= 4 is 17.0 Å². The Hall–Kier alpha value is -3.18. The lowest BCUT2D eigenvalue weighted by Crippen LogP contribution is -2.25. The van der Waals surface area contributed by atoms with Gasteiger partial charge in [-0.15, -0.1) is 0 Å². The van der Waals surface area contributed by atoms with E-state index in [1.165, 1.54) is 0 Å². The van der Waals surface area contributed by atoms with E-state index in [2.05, 4.69) is 35.6 Å². The maximum absolute atomic E-state index is 10.0. The van der Waals surface area contributed by atoms with Crippen LogP contribution in [0.3, 0.4) is 0 Å². The third-order valence-corrected chi connectivity index (χ3v) is 5.89. The Morgan fingerprint density at radius 2 is 2.12 bits per heavy atom. The number of nitrogens with zero attached hydrogens (tertiary/aromatic N) is 3. The molecule has 33 heavy (non-hydrogen) atoms. The summed E-state index contributed by atoms with van der Waals surface area (Å²) in [6, 6.07) is 8.20. The summed E-state index contributed by atoms with van der Waals surface area (Å²) >= 11 is 0. The molecule has 2 aromatic rings. The van der Waals surface area contributed by atoms with Crippen LogP contribution in [0.4, 0.5) is 5.82 Å². The van der Waals surface area contributed by atoms with Crippen molar-refractivity contribution in [3.05, 3.63) is 79.2 Å². The standard InChI is InChI=1S/C28H36N4O/c1-6-10-20(3)26-18-30-27(31-28(26)29-17-21-11-8-14-25(33)15-21)24-13-9-12-23(16-24)22(7-2)19-32(4)5/h6-7,9-10,12-13,16,18-19,21,25,33H,2-3,8,11,14-15,17H2,1,4-5H3,(H,29,30,31)/b10-6-,22-19+. The fourth-order valence-corrected chi connectivity index (χ4v) is 4.23. The first-order valence-electron chi connectivity index (χ1n) is 11.6. The molecule has 0 aliphatic heterocycles. The summed E-state index contributed by atoms with van der Waals surface area (Å²) in [5.74, 6) is 1.87. The minimum atomic E-state index is -0.194. The van der Waals surface area contributed by atoms with Crippen molar-refractivity contribution in [1.82, 2.24) is 14.9 Å². The maximum Gasteiger partial charge on any atom is 0.161 e. The summed E-state index contributed by atoms with van der Waals surface area (Å²) in [4.78, 5) is 11.6. The monoisotopic (exact) mass is 444 g/mol. The summed E-state index contributed by atoms with van der Waals surface area (Å²) in [6.45, 7) is 10.9. The first-order chi connectivity index (χ1) is 15.9. The van der Waals surface area contributed by atoms with Crippen molar-refractivity contribution in [2.24, 2.45) is 5.92 Å². The molecule has 2 N–H and O–H groups in total. The fourth-order valence-electron chi connectivity index (χ4n) is 4.23. The van der Waals surface area contributed by atoms with Gasteiger partial charge in [0.1, 0.15) is 5.82 Å². The Labute approximate surface area is 198 Å². The molecule has 1 aliphatic rings. The summed E-state index contributed by atoms with van der Waals surface area (Å²) in [5, 5.41) is 13.6. The second kappa shape index (κ2) is 11.6. The van der Waals surface area contributed by atoms with E-state index in [0.717, 1.165) is 65.9 Å². The molecule has 1 saturated carbocycles. The van der Waals surface area contributed by atoms with E-state index in [1.807, 2.05) is 68.7 Å². The van der Waals surface area contributed by atoms with Gasteiger partial charge in [-0.3, -0.25) is 0 Å². The second-order valence-corrected chi connectivity index (χ2v) is 8.88. The van der Waals surface area contributed by atoms with Crippen molar-refractivity contribution in [2.45, 2.75) is 38.7 Å². The van der Waals surface area contributed by atoms with Crippen LogP contribution in [0.2, 0.25) is 0 Å². The maximum atomic E-state index is 10.0. The van der Waals surface area contributed by atoms with Crippen molar-refractivity contribution in [1.29, 1.82) is 0 Å². The van der Waals surface area contributed by atoms with Gasteiger partial charge in [-0.25, -0.2) is 9.97 Å². The Morgan fingerprint density at radius 3 is 2.82 bits per heavy atom. The van der Waals surface area contributed by atoms with Crippen LogP contribution in [0, 0.1) is 5.92 Å². The number of anilines is 1. The number of hydrogen-bond donors (Lipinski definition) is 2. The smallest absolute Gasteiger partial charge is 0.161 e. The molecule has 1 heterocycles. The Kier molecular flexibility index (Phi) is 8.61. The van der Waals surface area contributed by atoms with Crippen molar-refractivity contribution in [3.8, 4) is 11.4 Å². The summed E-state index contributed by atoms with van der Waals surface area (Å²) in [6.07, 6.45) is 13.4. The number of aliphatic hydroxyl groups excluding tert-OH is 1. The van der Waals surface area contributed by atoms with Crippen molar-refractivity contribution < 1.29 is 5.11 Å². The van der Waals surface area contributed by atoms with E-state index in [1.54, 1.807) is 0 Å². The molecule has 174 valence electrons. The highest BCUT2D eigenvalue weighted by atomic mass is 16.3. The molecule has 5 heteroatoms. The predicted molar refractivity (Wildman–Crippen MR) is 140 cm³/mol. The molecule has 0 saturated heterocycles. The molecule has 1 aromatic carbocycles. The largest absolute Gasteiger partial charge is 0.393 e. The first kappa shape index (κ1) is 24.5. The Morgan fingerprint density at radius 1 is 1.30 bits per heavy atom. The highest BCUT2D eigenvalue weighted by Crippen LogP contribution is 2.29. The Bertz CT molecular complexity index is 1040. The van der Waals surface area contributed by atoms with E-state index < -0.39 is 0 Å². The minimum absolute atomic E-state index is 0.194. The van der Waals surface area contributed by atoms with Gasteiger partial charge >= 0.3 is 0 Å². The summed E-state index contributed by atoms with van der Waals surface area (Å²) < 4.78 is 0. The van der Waals surface area contributed by atoms with E-state index in [4.69, 9.17) is 4.98 Å². The average molecular weight is 445 g/mol. The van der Waals surface area contributed by atoms with E-state index in [-0.39, 0.29) is 6.10 Å². The second-order valence-electron chi connectivity index (χ2n) is 8.88. The van der Waals surface area contributed by atoms with Gasteiger partial charge in [-0.1, -0.05) is 56.0 Å². The zero-order valence-electron chi connectivity index (χ0n) is 20.1. The topological polar surface area (TPSA) is 61.3 Å². The fraction of sp³-hybridized carbons (Fsp3) is 0.357. The number of aliphatic hydroxyl groups is 1. The molecule has 0 radical (unpaired) electrons. The van der Waals surface area contributed by atoms with Crippen LogP contribution in [0.1, 0.15) is 43.7 Å². The molecule has 2 unspecified atom stereocenters. The van der Waals surface area contributed by atoms with Gasteiger partial charge in [0.25, 0.3) is 0 Å². The number of rotatable bonds is 9. The molecule has 1 fully saturated rings. The van der Waals surface area contributed by atoms with Gasteiger partial charge < -0.3 is 15.3 Å². The van der Waals surface area contributed by atoms with Gasteiger partial charge in [-0.2, -0.15) is 0 Å². The number of allylic oxidation sites excluding steroid dienone is 5. The minimum Gasteiger partial charge on any atom is -0.393 e. The molecule has 3 rings (SSSR count). The lowest BCUT2D eigenvalue weighted by Gasteiger charge is -2.26. The molecule has 1 aliphatic carbocycles. The third-order valence-electron chi connectivity index (χ3n) is 5.89. The van der Waals surface area contributed by atoms with Crippen LogP contribution in [-0.2, 0) is 0 Å². The van der Waals surface area contributed by atoms with Crippen LogP contribution in [0.15, 0.2) is 68.0 Å². The SMILES string of the molecule is C=C/C(=C\N(C)C)c1cccc(-c2ncc(C(=C)/C=C\C)c(NCC3CCCC(O)C3)n2)c1. The van der Waals surface area contributed by atoms with Gasteiger partial charge in [0.2, 0.25) is 0 Å². The molecule has 1 aromatic heterocycles. The summed E-state index contributed by atoms with van der Waals surface area (Å²) in [5.41, 5.74) is 4.80. The highest BCUT2D eigenvalue weighted by molar-refractivity contribution is 5.80. The van der Waals surface area contributed by atoms with Gasteiger partial charge in [0.15, 0.2) is 5.82 Å². The molecular formula is C28H36N4O.